The molecular weight excluding hydrogens is 295 g/mol. The Hall–Kier alpha value is -0.940. The minimum atomic E-state index is -0.384. The van der Waals surface area contributed by atoms with Gasteiger partial charge in [-0.05, 0) is 41.1 Å². The fourth-order valence-corrected chi connectivity index (χ4v) is 3.83. The molecule has 2 heterocycles. The molecule has 106 valence electrons. The van der Waals surface area contributed by atoms with Crippen molar-refractivity contribution in [2.45, 2.75) is 19.0 Å². The summed E-state index contributed by atoms with van der Waals surface area (Å²) in [5.74, 6) is -0.384. The molecule has 2 nitrogen and oxygen atoms in total. The van der Waals surface area contributed by atoms with Gasteiger partial charge in [-0.2, -0.15) is 0 Å². The van der Waals surface area contributed by atoms with Crippen molar-refractivity contribution in [3.63, 3.8) is 0 Å². The molecule has 2 N–H and O–H groups in total. The van der Waals surface area contributed by atoms with Gasteiger partial charge >= 0.3 is 0 Å². The zero-order valence-electron chi connectivity index (χ0n) is 11.0. The fourth-order valence-electron chi connectivity index (χ4n) is 2.75. The van der Waals surface area contributed by atoms with Crippen LogP contribution in [0.1, 0.15) is 22.0 Å². The second-order valence-corrected chi connectivity index (χ2v) is 6.42. The van der Waals surface area contributed by atoms with Gasteiger partial charge in [-0.1, -0.05) is 17.7 Å². The maximum absolute atomic E-state index is 13.3. The van der Waals surface area contributed by atoms with E-state index in [2.05, 4.69) is 16.3 Å². The number of nitrogens with zero attached hydrogens (tertiary/aromatic N) is 1. The Labute approximate surface area is 127 Å². The third-order valence-electron chi connectivity index (χ3n) is 3.83. The summed E-state index contributed by atoms with van der Waals surface area (Å²) in [5.41, 5.74) is 8.31. The Morgan fingerprint density at radius 2 is 2.25 bits per heavy atom. The number of hydrogen-bond acceptors (Lipinski definition) is 3. The van der Waals surface area contributed by atoms with Gasteiger partial charge in [-0.25, -0.2) is 4.39 Å². The van der Waals surface area contributed by atoms with Crippen molar-refractivity contribution >= 4 is 22.9 Å². The van der Waals surface area contributed by atoms with Gasteiger partial charge in [0, 0.05) is 30.6 Å². The van der Waals surface area contributed by atoms with E-state index in [1.54, 1.807) is 12.1 Å². The number of benzene rings is 1. The largest absolute Gasteiger partial charge is 0.329 e. The standard InChI is InChI=1S/C15H16ClFN2S/c16-12-7-10(1-2-13(12)17)14(8-18)19-5-3-15-11(9-19)4-6-20-15/h1-2,4,6-7,14H,3,5,8-9,18H2. The van der Waals surface area contributed by atoms with E-state index >= 15 is 0 Å². The molecule has 0 saturated heterocycles. The highest BCUT2D eigenvalue weighted by molar-refractivity contribution is 7.10. The molecule has 5 heteroatoms. The first-order valence-electron chi connectivity index (χ1n) is 6.63. The smallest absolute Gasteiger partial charge is 0.141 e. The average Bonchev–Trinajstić information content (AvgIpc) is 2.91. The highest BCUT2D eigenvalue weighted by atomic mass is 35.5. The van der Waals surface area contributed by atoms with Crippen LogP contribution in [0, 0.1) is 5.82 Å². The summed E-state index contributed by atoms with van der Waals surface area (Å²) in [6, 6.07) is 7.15. The van der Waals surface area contributed by atoms with Gasteiger partial charge in [0.05, 0.1) is 5.02 Å². The quantitative estimate of drug-likeness (QED) is 0.938. The first-order valence-corrected chi connectivity index (χ1v) is 7.89. The van der Waals surface area contributed by atoms with Crippen molar-refractivity contribution in [3.05, 3.63) is 56.5 Å². The van der Waals surface area contributed by atoms with E-state index in [9.17, 15) is 4.39 Å². The second kappa shape index (κ2) is 5.82. The maximum atomic E-state index is 13.3. The molecule has 1 aliphatic rings. The monoisotopic (exact) mass is 310 g/mol. The first kappa shape index (κ1) is 14.0. The van der Waals surface area contributed by atoms with Crippen LogP contribution in [-0.4, -0.2) is 18.0 Å². The van der Waals surface area contributed by atoms with Gasteiger partial charge < -0.3 is 5.73 Å². The first-order chi connectivity index (χ1) is 9.69. The van der Waals surface area contributed by atoms with Crippen LogP contribution in [0.5, 0.6) is 0 Å². The molecule has 1 aliphatic heterocycles. The number of rotatable bonds is 3. The van der Waals surface area contributed by atoms with Crippen LogP contribution in [0.3, 0.4) is 0 Å². The normalized spacial score (nSPS) is 16.9. The highest BCUT2D eigenvalue weighted by Gasteiger charge is 2.24. The lowest BCUT2D eigenvalue weighted by molar-refractivity contribution is 0.185. The summed E-state index contributed by atoms with van der Waals surface area (Å²) >= 11 is 7.70. The summed E-state index contributed by atoms with van der Waals surface area (Å²) in [4.78, 5) is 3.81. The maximum Gasteiger partial charge on any atom is 0.141 e. The van der Waals surface area contributed by atoms with E-state index < -0.39 is 0 Å². The second-order valence-electron chi connectivity index (χ2n) is 5.01. The molecule has 0 aliphatic carbocycles. The van der Waals surface area contributed by atoms with Crippen molar-refractivity contribution in [3.8, 4) is 0 Å². The Morgan fingerprint density at radius 1 is 1.40 bits per heavy atom. The molecule has 1 aromatic heterocycles. The van der Waals surface area contributed by atoms with Crippen LogP contribution in [-0.2, 0) is 13.0 Å². The third-order valence-corrected chi connectivity index (χ3v) is 5.14. The number of thiophene rings is 1. The summed E-state index contributed by atoms with van der Waals surface area (Å²) in [5, 5.41) is 2.30. The molecule has 0 radical (unpaired) electrons. The van der Waals surface area contributed by atoms with Gasteiger partial charge in [-0.15, -0.1) is 11.3 Å². The fraction of sp³-hybridized carbons (Fsp3) is 0.333. The molecule has 0 spiro atoms. The molecule has 0 bridgehead atoms. The SMILES string of the molecule is NCC(c1ccc(F)c(Cl)c1)N1CCc2sccc2C1. The van der Waals surface area contributed by atoms with Crippen molar-refractivity contribution in [1.29, 1.82) is 0 Å². The van der Waals surface area contributed by atoms with Crippen LogP contribution in [0.2, 0.25) is 5.02 Å². The Morgan fingerprint density at radius 3 is 3.00 bits per heavy atom. The lowest BCUT2D eigenvalue weighted by Gasteiger charge is -2.34. The highest BCUT2D eigenvalue weighted by Crippen LogP contribution is 2.31. The lowest BCUT2D eigenvalue weighted by atomic mass is 10.0. The predicted octanol–water partition coefficient (Wildman–Crippen LogP) is 3.60. The molecule has 1 atom stereocenters. The van der Waals surface area contributed by atoms with Crippen LogP contribution < -0.4 is 5.73 Å². The number of nitrogens with two attached hydrogens (primary N) is 1. The van der Waals surface area contributed by atoms with E-state index in [0.717, 1.165) is 25.1 Å². The average molecular weight is 311 g/mol. The topological polar surface area (TPSA) is 29.3 Å². The van der Waals surface area contributed by atoms with Crippen LogP contribution in [0.4, 0.5) is 4.39 Å². The lowest BCUT2D eigenvalue weighted by Crippen LogP contribution is -2.37. The number of halogens is 2. The molecule has 1 unspecified atom stereocenters. The van der Waals surface area contributed by atoms with Crippen LogP contribution in [0.25, 0.3) is 0 Å². The van der Waals surface area contributed by atoms with Crippen molar-refractivity contribution < 1.29 is 4.39 Å². The van der Waals surface area contributed by atoms with E-state index in [0.29, 0.717) is 6.54 Å². The zero-order chi connectivity index (χ0) is 14.1. The van der Waals surface area contributed by atoms with E-state index in [1.807, 2.05) is 11.3 Å². The molecular formula is C15H16ClFN2S. The third kappa shape index (κ3) is 2.61. The van der Waals surface area contributed by atoms with Gasteiger partial charge in [0.1, 0.15) is 5.82 Å². The molecule has 0 saturated carbocycles. The summed E-state index contributed by atoms with van der Waals surface area (Å²) in [6.45, 7) is 2.38. The summed E-state index contributed by atoms with van der Waals surface area (Å²) < 4.78 is 13.3. The van der Waals surface area contributed by atoms with Crippen molar-refractivity contribution in [2.75, 3.05) is 13.1 Å². The van der Waals surface area contributed by atoms with Gasteiger partial charge in [0.2, 0.25) is 0 Å². The minimum Gasteiger partial charge on any atom is -0.329 e. The minimum absolute atomic E-state index is 0.0844. The van der Waals surface area contributed by atoms with Gasteiger partial charge in [-0.3, -0.25) is 4.90 Å². The van der Waals surface area contributed by atoms with E-state index in [4.69, 9.17) is 17.3 Å². The number of hydrogen-bond donors (Lipinski definition) is 1. The van der Waals surface area contributed by atoms with Crippen LogP contribution in [0.15, 0.2) is 29.6 Å². The zero-order valence-corrected chi connectivity index (χ0v) is 12.6. The Kier molecular flexibility index (Phi) is 4.08. The van der Waals surface area contributed by atoms with Gasteiger partial charge in [0.15, 0.2) is 0 Å². The molecule has 3 rings (SSSR count). The summed E-state index contributed by atoms with van der Waals surface area (Å²) in [6.07, 6.45) is 1.05. The van der Waals surface area contributed by atoms with E-state index in [1.165, 1.54) is 16.5 Å². The molecule has 0 fully saturated rings. The molecule has 0 amide bonds. The predicted molar refractivity (Wildman–Crippen MR) is 81.6 cm³/mol. The van der Waals surface area contributed by atoms with Gasteiger partial charge in [0.25, 0.3) is 0 Å². The molecule has 20 heavy (non-hydrogen) atoms. The number of fused-ring (bicyclic) bond motifs is 1. The van der Waals surface area contributed by atoms with Crippen molar-refractivity contribution in [1.82, 2.24) is 4.90 Å². The molecule has 2 aromatic rings. The Bertz CT molecular complexity index is 614. The van der Waals surface area contributed by atoms with E-state index in [-0.39, 0.29) is 16.9 Å². The summed E-state index contributed by atoms with van der Waals surface area (Å²) in [7, 11) is 0. The molecule has 1 aromatic carbocycles. The van der Waals surface area contributed by atoms with Crippen molar-refractivity contribution in [2.24, 2.45) is 5.73 Å². The van der Waals surface area contributed by atoms with Crippen LogP contribution >= 0.6 is 22.9 Å². The Balaban J connectivity index is 1.85.